The summed E-state index contributed by atoms with van der Waals surface area (Å²) in [7, 11) is 0. The summed E-state index contributed by atoms with van der Waals surface area (Å²) in [5, 5.41) is 30.4. The van der Waals surface area contributed by atoms with Gasteiger partial charge in [-0.1, -0.05) is 12.1 Å². The summed E-state index contributed by atoms with van der Waals surface area (Å²) in [6, 6.07) is 16.1. The van der Waals surface area contributed by atoms with Crippen LogP contribution < -0.4 is 4.73 Å². The molecule has 3 heterocycles. The fourth-order valence-electron chi connectivity index (χ4n) is 2.05. The number of nitrogens with zero attached hydrogens (tertiary/aromatic N) is 3. The lowest BCUT2D eigenvalue weighted by Crippen LogP contribution is -2.40. The normalized spacial score (nSPS) is 11.0. The SMILES string of the molecule is Brc1cccc(Br)n1.CC(C)(O)c1cccc(Br)[n+]1[O-].CC(C)(O)c1cccc(Br)n1. The Morgan fingerprint density at radius 1 is 0.710 bits per heavy atom. The van der Waals surface area contributed by atoms with Gasteiger partial charge in [-0.15, -0.1) is 0 Å². The largest absolute Gasteiger partial charge is 0.618 e. The number of aliphatic hydroxyl groups is 2. The number of pyridine rings is 3. The first-order chi connectivity index (χ1) is 14.2. The predicted molar refractivity (Wildman–Crippen MR) is 135 cm³/mol. The van der Waals surface area contributed by atoms with E-state index < -0.39 is 11.2 Å². The van der Waals surface area contributed by atoms with Crippen LogP contribution in [0.5, 0.6) is 0 Å². The van der Waals surface area contributed by atoms with Crippen molar-refractivity contribution in [2.45, 2.75) is 38.9 Å². The zero-order valence-electron chi connectivity index (χ0n) is 17.4. The van der Waals surface area contributed by atoms with Gasteiger partial charge in [-0.3, -0.25) is 0 Å². The highest BCUT2D eigenvalue weighted by Gasteiger charge is 2.25. The smallest absolute Gasteiger partial charge is 0.259 e. The lowest BCUT2D eigenvalue weighted by Gasteiger charge is -2.16. The second kappa shape index (κ2) is 12.4. The summed E-state index contributed by atoms with van der Waals surface area (Å²) in [5.41, 5.74) is -0.960. The van der Waals surface area contributed by atoms with Crippen LogP contribution in [0.15, 0.2) is 73.0 Å². The predicted octanol–water partition coefficient (Wildman–Crippen LogP) is 5.99. The summed E-state index contributed by atoms with van der Waals surface area (Å²) in [5.74, 6) is 0. The molecule has 3 aromatic heterocycles. The van der Waals surface area contributed by atoms with Gasteiger partial charge in [0.05, 0.1) is 5.69 Å². The molecule has 3 aromatic rings. The minimum atomic E-state index is -1.11. The second-order valence-corrected chi connectivity index (χ2v) is 10.5. The fourth-order valence-corrected chi connectivity index (χ4v) is 3.67. The van der Waals surface area contributed by atoms with E-state index in [1.165, 1.54) is 0 Å². The zero-order valence-corrected chi connectivity index (χ0v) is 23.7. The summed E-state index contributed by atoms with van der Waals surface area (Å²) in [4.78, 5) is 8.12. The molecular formula is C21H23Br4N3O3. The first kappa shape index (κ1) is 28.1. The third-order valence-corrected chi connectivity index (χ3v) is 5.46. The van der Waals surface area contributed by atoms with Crippen LogP contribution in [0.3, 0.4) is 0 Å². The van der Waals surface area contributed by atoms with Crippen molar-refractivity contribution in [3.8, 4) is 0 Å². The van der Waals surface area contributed by atoms with E-state index in [2.05, 4.69) is 73.7 Å². The van der Waals surface area contributed by atoms with E-state index in [0.29, 0.717) is 20.7 Å². The Morgan fingerprint density at radius 3 is 1.48 bits per heavy atom. The topological polar surface area (TPSA) is 93.2 Å². The number of hydrogen-bond acceptors (Lipinski definition) is 5. The number of halogens is 4. The second-order valence-electron chi connectivity index (χ2n) is 7.27. The molecule has 2 N–H and O–H groups in total. The molecule has 0 aromatic carbocycles. The highest BCUT2D eigenvalue weighted by molar-refractivity contribution is 9.11. The molecule has 0 fully saturated rings. The maximum absolute atomic E-state index is 11.3. The number of hydrogen-bond donors (Lipinski definition) is 2. The molecule has 0 aliphatic heterocycles. The Bertz CT molecular complexity index is 973. The van der Waals surface area contributed by atoms with Crippen LogP contribution in [0.25, 0.3) is 0 Å². The summed E-state index contributed by atoms with van der Waals surface area (Å²) < 4.78 is 3.53. The number of aromatic nitrogens is 3. The molecule has 168 valence electrons. The van der Waals surface area contributed by atoms with Gasteiger partial charge in [0.1, 0.15) is 25.0 Å². The lowest BCUT2D eigenvalue weighted by atomic mass is 10.1. The van der Waals surface area contributed by atoms with Crippen LogP contribution in [0.1, 0.15) is 39.1 Å². The Hall–Kier alpha value is -0.910. The van der Waals surface area contributed by atoms with Crippen LogP contribution in [-0.2, 0) is 11.2 Å². The first-order valence-electron chi connectivity index (χ1n) is 8.96. The molecule has 0 atom stereocenters. The van der Waals surface area contributed by atoms with Gasteiger partial charge in [-0.25, -0.2) is 9.97 Å². The third-order valence-electron chi connectivity index (χ3n) is 3.55. The van der Waals surface area contributed by atoms with Crippen LogP contribution in [0.4, 0.5) is 0 Å². The van der Waals surface area contributed by atoms with Crippen molar-refractivity contribution < 1.29 is 14.9 Å². The minimum Gasteiger partial charge on any atom is -0.618 e. The molecule has 0 radical (unpaired) electrons. The quantitative estimate of drug-likeness (QED) is 0.197. The maximum atomic E-state index is 11.3. The van der Waals surface area contributed by atoms with Crippen molar-refractivity contribution in [1.29, 1.82) is 0 Å². The highest BCUT2D eigenvalue weighted by atomic mass is 79.9. The molecule has 0 saturated heterocycles. The van der Waals surface area contributed by atoms with Crippen molar-refractivity contribution in [3.63, 3.8) is 0 Å². The molecule has 6 nitrogen and oxygen atoms in total. The van der Waals surface area contributed by atoms with Gasteiger partial charge in [-0.2, -0.15) is 4.73 Å². The van der Waals surface area contributed by atoms with E-state index >= 15 is 0 Å². The van der Waals surface area contributed by atoms with E-state index in [1.54, 1.807) is 52.0 Å². The van der Waals surface area contributed by atoms with Gasteiger partial charge in [-0.05, 0) is 106 Å². The molecular weight excluding hydrogens is 662 g/mol. The molecule has 0 spiro atoms. The maximum Gasteiger partial charge on any atom is 0.259 e. The average Bonchev–Trinajstić information content (AvgIpc) is 2.63. The molecule has 31 heavy (non-hydrogen) atoms. The van der Waals surface area contributed by atoms with E-state index in [-0.39, 0.29) is 0 Å². The highest BCUT2D eigenvalue weighted by Crippen LogP contribution is 2.19. The molecule has 0 bridgehead atoms. The molecule has 0 unspecified atom stereocenters. The van der Waals surface area contributed by atoms with Gasteiger partial charge < -0.3 is 15.4 Å². The van der Waals surface area contributed by atoms with Crippen LogP contribution >= 0.6 is 63.7 Å². The monoisotopic (exact) mass is 681 g/mol. The van der Waals surface area contributed by atoms with Crippen LogP contribution in [0.2, 0.25) is 0 Å². The van der Waals surface area contributed by atoms with Crippen LogP contribution in [0, 0.1) is 5.21 Å². The van der Waals surface area contributed by atoms with Crippen molar-refractivity contribution >= 4 is 63.7 Å². The standard InChI is InChI=1S/C8H10BrNO2.C8H10BrNO.C5H3Br2N/c1-8(2,11)6-4-3-5-7(9)10(6)12;1-8(2,11)6-4-3-5-7(9)10-6;6-4-2-1-3-5(7)8-4/h3-5,11H,1-2H3;3-5,11H,1-2H3;1-3H. The Labute approximate surface area is 215 Å². The van der Waals surface area contributed by atoms with Gasteiger partial charge >= 0.3 is 0 Å². The molecule has 10 heteroatoms. The number of rotatable bonds is 2. The van der Waals surface area contributed by atoms with Gasteiger partial charge in [0.2, 0.25) is 5.69 Å². The van der Waals surface area contributed by atoms with Crippen molar-refractivity contribution in [2.75, 3.05) is 0 Å². The van der Waals surface area contributed by atoms with Crippen molar-refractivity contribution in [1.82, 2.24) is 9.97 Å². The van der Waals surface area contributed by atoms with E-state index in [0.717, 1.165) is 13.8 Å². The molecule has 0 aliphatic rings. The van der Waals surface area contributed by atoms with Crippen molar-refractivity contribution in [3.05, 3.63) is 89.6 Å². The summed E-state index contributed by atoms with van der Waals surface area (Å²) in [6.07, 6.45) is 0. The van der Waals surface area contributed by atoms with Crippen molar-refractivity contribution in [2.24, 2.45) is 0 Å². The van der Waals surface area contributed by atoms with E-state index in [1.807, 2.05) is 30.3 Å². The van der Waals surface area contributed by atoms with Gasteiger partial charge in [0.25, 0.3) is 4.60 Å². The third kappa shape index (κ3) is 10.5. The van der Waals surface area contributed by atoms with E-state index in [9.17, 15) is 15.4 Å². The van der Waals surface area contributed by atoms with Crippen LogP contribution in [-0.4, -0.2) is 20.2 Å². The zero-order chi connectivity index (χ0) is 23.8. The Morgan fingerprint density at radius 2 is 1.16 bits per heavy atom. The molecule has 3 rings (SSSR count). The van der Waals surface area contributed by atoms with E-state index in [4.69, 9.17) is 0 Å². The fraction of sp³-hybridized carbons (Fsp3) is 0.286. The average molecular weight is 685 g/mol. The minimum absolute atomic E-state index is 0.330. The molecule has 0 aliphatic carbocycles. The van der Waals surface area contributed by atoms with Gasteiger partial charge in [0.15, 0.2) is 0 Å². The first-order valence-corrected chi connectivity index (χ1v) is 12.1. The lowest BCUT2D eigenvalue weighted by molar-refractivity contribution is -0.633. The Kier molecular flexibility index (Phi) is 11.2. The van der Waals surface area contributed by atoms with Gasteiger partial charge in [0, 0.05) is 28.1 Å². The summed E-state index contributed by atoms with van der Waals surface area (Å²) in [6.45, 7) is 6.57. The Balaban J connectivity index is 0.000000237. The molecule has 0 saturated carbocycles. The molecule has 0 amide bonds. The summed E-state index contributed by atoms with van der Waals surface area (Å²) >= 11 is 12.8.